The van der Waals surface area contributed by atoms with Gasteiger partial charge < -0.3 is 15.5 Å². The molecular weight excluding hydrogens is 214 g/mol. The second-order valence-corrected chi connectivity index (χ2v) is 5.61. The van der Waals surface area contributed by atoms with Crippen molar-refractivity contribution < 1.29 is 10.2 Å². The van der Waals surface area contributed by atoms with Crippen molar-refractivity contribution in [1.29, 1.82) is 0 Å². The van der Waals surface area contributed by atoms with Crippen molar-refractivity contribution in [3.05, 3.63) is 29.3 Å². The van der Waals surface area contributed by atoms with Crippen molar-refractivity contribution in [2.24, 2.45) is 5.41 Å². The van der Waals surface area contributed by atoms with Crippen LogP contribution in [0.15, 0.2) is 18.2 Å². The first-order valence-electron chi connectivity index (χ1n) is 5.97. The molecular formula is C14H23NO2. The number of hydrogen-bond donors (Lipinski definition) is 3. The number of rotatable bonds is 4. The summed E-state index contributed by atoms with van der Waals surface area (Å²) in [6.07, 6.45) is 0. The second-order valence-electron chi connectivity index (χ2n) is 5.61. The number of aliphatic hydroxyl groups is 1. The lowest BCUT2D eigenvalue weighted by Crippen LogP contribution is -2.42. The highest BCUT2D eigenvalue weighted by Gasteiger charge is 2.23. The van der Waals surface area contributed by atoms with Gasteiger partial charge in [0.25, 0.3) is 0 Å². The van der Waals surface area contributed by atoms with Gasteiger partial charge in [-0.1, -0.05) is 38.5 Å². The summed E-state index contributed by atoms with van der Waals surface area (Å²) in [4.78, 5) is 0. The van der Waals surface area contributed by atoms with Crippen molar-refractivity contribution in [2.75, 3.05) is 6.61 Å². The second kappa shape index (κ2) is 5.52. The molecule has 1 aromatic rings. The fraction of sp³-hybridized carbons (Fsp3) is 0.571. The van der Waals surface area contributed by atoms with E-state index < -0.39 is 0 Å². The molecule has 1 atom stereocenters. The van der Waals surface area contributed by atoms with Crippen LogP contribution in [0.25, 0.3) is 0 Å². The minimum atomic E-state index is -0.00576. The largest absolute Gasteiger partial charge is 0.508 e. The Bertz CT molecular complexity index is 369. The lowest BCUT2D eigenvalue weighted by Gasteiger charge is -2.30. The number of phenolic OH excluding ortho intramolecular Hbond substituents is 1. The van der Waals surface area contributed by atoms with Gasteiger partial charge in [0.05, 0.1) is 6.61 Å². The SMILES string of the molecule is Cc1ccc(O)c(CNC(CO)C(C)(C)C)c1. The van der Waals surface area contributed by atoms with E-state index in [0.717, 1.165) is 11.1 Å². The third-order valence-corrected chi connectivity index (χ3v) is 3.00. The van der Waals surface area contributed by atoms with Crippen LogP contribution in [-0.2, 0) is 6.54 Å². The lowest BCUT2D eigenvalue weighted by molar-refractivity contribution is 0.157. The van der Waals surface area contributed by atoms with Gasteiger partial charge in [-0.3, -0.25) is 0 Å². The van der Waals surface area contributed by atoms with Gasteiger partial charge in [-0.2, -0.15) is 0 Å². The van der Waals surface area contributed by atoms with Crippen LogP contribution in [0.3, 0.4) is 0 Å². The first-order valence-corrected chi connectivity index (χ1v) is 5.97. The van der Waals surface area contributed by atoms with E-state index >= 15 is 0 Å². The zero-order valence-electron chi connectivity index (χ0n) is 11.1. The summed E-state index contributed by atoms with van der Waals surface area (Å²) in [6.45, 7) is 8.90. The van der Waals surface area contributed by atoms with E-state index in [4.69, 9.17) is 0 Å². The van der Waals surface area contributed by atoms with Crippen molar-refractivity contribution in [1.82, 2.24) is 5.32 Å². The fourth-order valence-electron chi connectivity index (χ4n) is 1.73. The van der Waals surface area contributed by atoms with E-state index in [-0.39, 0.29) is 18.1 Å². The van der Waals surface area contributed by atoms with Crippen molar-refractivity contribution >= 4 is 0 Å². The highest BCUT2D eigenvalue weighted by atomic mass is 16.3. The monoisotopic (exact) mass is 237 g/mol. The number of phenols is 1. The summed E-state index contributed by atoms with van der Waals surface area (Å²) in [5.41, 5.74) is 1.98. The third kappa shape index (κ3) is 4.02. The van der Waals surface area contributed by atoms with E-state index in [1.807, 2.05) is 19.1 Å². The summed E-state index contributed by atoms with van der Waals surface area (Å²) in [5.74, 6) is 0.300. The molecule has 0 heterocycles. The van der Waals surface area contributed by atoms with Crippen LogP contribution in [0.1, 0.15) is 31.9 Å². The van der Waals surface area contributed by atoms with Crippen LogP contribution in [0.4, 0.5) is 0 Å². The molecule has 0 amide bonds. The molecule has 0 radical (unpaired) electrons. The molecule has 17 heavy (non-hydrogen) atoms. The van der Waals surface area contributed by atoms with Crippen LogP contribution in [0.5, 0.6) is 5.75 Å². The minimum Gasteiger partial charge on any atom is -0.508 e. The Labute approximate surface area is 103 Å². The molecule has 0 aliphatic carbocycles. The number of aryl methyl sites for hydroxylation is 1. The van der Waals surface area contributed by atoms with Gasteiger partial charge in [0.1, 0.15) is 5.75 Å². The molecule has 1 rings (SSSR count). The molecule has 0 saturated heterocycles. The Morgan fingerprint density at radius 1 is 1.29 bits per heavy atom. The molecule has 96 valence electrons. The van der Waals surface area contributed by atoms with Gasteiger partial charge in [-0.05, 0) is 18.4 Å². The van der Waals surface area contributed by atoms with E-state index in [9.17, 15) is 10.2 Å². The smallest absolute Gasteiger partial charge is 0.120 e. The normalized spacial score (nSPS) is 13.7. The Morgan fingerprint density at radius 2 is 1.94 bits per heavy atom. The molecule has 0 saturated carbocycles. The number of hydrogen-bond acceptors (Lipinski definition) is 3. The summed E-state index contributed by atoms with van der Waals surface area (Å²) in [6, 6.07) is 5.56. The fourth-order valence-corrected chi connectivity index (χ4v) is 1.73. The van der Waals surface area contributed by atoms with Crippen LogP contribution in [0.2, 0.25) is 0 Å². The molecule has 0 aliphatic rings. The number of benzene rings is 1. The zero-order chi connectivity index (χ0) is 13.1. The Morgan fingerprint density at radius 3 is 2.47 bits per heavy atom. The summed E-state index contributed by atoms with van der Waals surface area (Å²) in [7, 11) is 0. The van der Waals surface area contributed by atoms with Gasteiger partial charge >= 0.3 is 0 Å². The highest BCUT2D eigenvalue weighted by Crippen LogP contribution is 2.21. The molecule has 0 fully saturated rings. The third-order valence-electron chi connectivity index (χ3n) is 3.00. The first-order chi connectivity index (χ1) is 7.84. The van der Waals surface area contributed by atoms with Crippen molar-refractivity contribution in [3.63, 3.8) is 0 Å². The van der Waals surface area contributed by atoms with Crippen LogP contribution >= 0.6 is 0 Å². The zero-order valence-corrected chi connectivity index (χ0v) is 11.1. The minimum absolute atomic E-state index is 0.00576. The molecule has 0 spiro atoms. The summed E-state index contributed by atoms with van der Waals surface area (Å²) >= 11 is 0. The first kappa shape index (κ1) is 14.0. The Balaban J connectivity index is 2.69. The average Bonchev–Trinajstić information content (AvgIpc) is 2.22. The number of aromatic hydroxyl groups is 1. The molecule has 1 aromatic carbocycles. The molecule has 0 aliphatic heterocycles. The Kier molecular flexibility index (Phi) is 4.54. The van der Waals surface area contributed by atoms with E-state index in [0.29, 0.717) is 12.3 Å². The number of nitrogens with one attached hydrogen (secondary N) is 1. The maximum Gasteiger partial charge on any atom is 0.120 e. The molecule has 3 N–H and O–H groups in total. The standard InChI is InChI=1S/C14H23NO2/c1-10-5-6-12(17)11(7-10)8-15-13(9-16)14(2,3)4/h5-7,13,15-17H,8-9H2,1-4H3. The molecule has 0 bridgehead atoms. The predicted octanol–water partition coefficient (Wildman–Crippen LogP) is 2.20. The van der Waals surface area contributed by atoms with Gasteiger partial charge in [-0.15, -0.1) is 0 Å². The molecule has 3 heteroatoms. The van der Waals surface area contributed by atoms with Gasteiger partial charge in [0.2, 0.25) is 0 Å². The van der Waals surface area contributed by atoms with E-state index in [1.165, 1.54) is 0 Å². The summed E-state index contributed by atoms with van der Waals surface area (Å²) < 4.78 is 0. The van der Waals surface area contributed by atoms with Crippen molar-refractivity contribution in [2.45, 2.75) is 40.3 Å². The van der Waals surface area contributed by atoms with Crippen LogP contribution in [0, 0.1) is 12.3 Å². The van der Waals surface area contributed by atoms with Crippen LogP contribution in [-0.4, -0.2) is 22.9 Å². The topological polar surface area (TPSA) is 52.5 Å². The maximum absolute atomic E-state index is 9.72. The van der Waals surface area contributed by atoms with Gasteiger partial charge in [0.15, 0.2) is 0 Å². The molecule has 1 unspecified atom stereocenters. The highest BCUT2D eigenvalue weighted by molar-refractivity contribution is 5.35. The van der Waals surface area contributed by atoms with Crippen LogP contribution < -0.4 is 5.32 Å². The van der Waals surface area contributed by atoms with E-state index in [2.05, 4.69) is 26.1 Å². The van der Waals surface area contributed by atoms with Crippen molar-refractivity contribution in [3.8, 4) is 5.75 Å². The van der Waals surface area contributed by atoms with Gasteiger partial charge in [-0.25, -0.2) is 0 Å². The summed E-state index contributed by atoms with van der Waals surface area (Å²) in [5, 5.41) is 22.3. The predicted molar refractivity (Wildman–Crippen MR) is 70.0 cm³/mol. The quantitative estimate of drug-likeness (QED) is 0.752. The molecule has 3 nitrogen and oxygen atoms in total. The van der Waals surface area contributed by atoms with E-state index in [1.54, 1.807) is 6.07 Å². The number of aliphatic hydroxyl groups excluding tert-OH is 1. The Hall–Kier alpha value is -1.06. The maximum atomic E-state index is 9.72. The average molecular weight is 237 g/mol. The molecule has 0 aromatic heterocycles. The lowest BCUT2D eigenvalue weighted by atomic mass is 9.87. The van der Waals surface area contributed by atoms with Gasteiger partial charge in [0, 0.05) is 18.2 Å².